The number of para-hydroxylation sites is 1. The first-order valence-electron chi connectivity index (χ1n) is 7.23. The number of hydrogen-bond acceptors (Lipinski definition) is 4. The molecule has 24 heavy (non-hydrogen) atoms. The maximum atomic E-state index is 12.4. The monoisotopic (exact) mass is 337 g/mol. The summed E-state index contributed by atoms with van der Waals surface area (Å²) < 4.78 is 1.70. The van der Waals surface area contributed by atoms with Crippen LogP contribution in [0.5, 0.6) is 0 Å². The summed E-state index contributed by atoms with van der Waals surface area (Å²) in [5, 5.41) is 11.8. The molecule has 0 bridgehead atoms. The number of nitrogen functional groups attached to an aromatic ring is 1. The molecular formula is C17H12ClN5O. The van der Waals surface area contributed by atoms with E-state index in [4.69, 9.17) is 17.3 Å². The molecular weight excluding hydrogens is 326 g/mol. The summed E-state index contributed by atoms with van der Waals surface area (Å²) in [6.45, 7) is 0. The SMILES string of the molecule is Nc1n[nH]c(=O)c2c(-c3ccc(Cl)cc3)n(-c3ccccc3)nc12. The van der Waals surface area contributed by atoms with Crippen LogP contribution in [0.2, 0.25) is 5.02 Å². The highest BCUT2D eigenvalue weighted by molar-refractivity contribution is 6.30. The number of H-pyrrole nitrogens is 1. The van der Waals surface area contributed by atoms with Crippen molar-refractivity contribution in [1.29, 1.82) is 0 Å². The van der Waals surface area contributed by atoms with Crippen molar-refractivity contribution in [3.8, 4) is 16.9 Å². The average molecular weight is 338 g/mol. The molecule has 0 aliphatic carbocycles. The van der Waals surface area contributed by atoms with Crippen LogP contribution < -0.4 is 11.3 Å². The molecule has 4 rings (SSSR count). The van der Waals surface area contributed by atoms with Crippen LogP contribution in [0, 0.1) is 0 Å². The van der Waals surface area contributed by atoms with E-state index < -0.39 is 0 Å². The third-order valence-electron chi connectivity index (χ3n) is 3.75. The lowest BCUT2D eigenvalue weighted by Gasteiger charge is -2.08. The second-order valence-corrected chi connectivity index (χ2v) is 5.70. The normalized spacial score (nSPS) is 11.0. The summed E-state index contributed by atoms with van der Waals surface area (Å²) in [4.78, 5) is 12.4. The molecule has 0 amide bonds. The Morgan fingerprint density at radius 3 is 2.46 bits per heavy atom. The van der Waals surface area contributed by atoms with E-state index in [1.165, 1.54) is 0 Å². The molecule has 0 aliphatic heterocycles. The zero-order valence-corrected chi connectivity index (χ0v) is 13.2. The van der Waals surface area contributed by atoms with E-state index in [1.54, 1.807) is 16.8 Å². The topological polar surface area (TPSA) is 89.6 Å². The lowest BCUT2D eigenvalue weighted by Crippen LogP contribution is -2.10. The molecule has 2 aromatic heterocycles. The van der Waals surface area contributed by atoms with Crippen molar-refractivity contribution in [2.45, 2.75) is 0 Å². The molecule has 4 aromatic rings. The van der Waals surface area contributed by atoms with E-state index in [9.17, 15) is 4.79 Å². The summed E-state index contributed by atoms with van der Waals surface area (Å²) in [6, 6.07) is 16.7. The highest BCUT2D eigenvalue weighted by atomic mass is 35.5. The Labute approximate surface area is 141 Å². The first-order valence-corrected chi connectivity index (χ1v) is 7.61. The van der Waals surface area contributed by atoms with Gasteiger partial charge in [-0.3, -0.25) is 4.79 Å². The maximum Gasteiger partial charge on any atom is 0.276 e. The summed E-state index contributed by atoms with van der Waals surface area (Å²) >= 11 is 5.98. The molecule has 2 aromatic carbocycles. The van der Waals surface area contributed by atoms with Crippen LogP contribution in [0.4, 0.5) is 5.82 Å². The van der Waals surface area contributed by atoms with Crippen molar-refractivity contribution in [1.82, 2.24) is 20.0 Å². The van der Waals surface area contributed by atoms with Gasteiger partial charge < -0.3 is 5.73 Å². The van der Waals surface area contributed by atoms with Crippen molar-refractivity contribution in [3.05, 3.63) is 70.0 Å². The largest absolute Gasteiger partial charge is 0.380 e. The number of halogens is 1. The van der Waals surface area contributed by atoms with Gasteiger partial charge >= 0.3 is 0 Å². The molecule has 6 nitrogen and oxygen atoms in total. The van der Waals surface area contributed by atoms with Crippen LogP contribution in [0.3, 0.4) is 0 Å². The van der Waals surface area contributed by atoms with Crippen molar-refractivity contribution in [2.24, 2.45) is 0 Å². The van der Waals surface area contributed by atoms with Crippen LogP contribution in [-0.4, -0.2) is 20.0 Å². The lowest BCUT2D eigenvalue weighted by molar-refractivity contribution is 0.903. The Kier molecular flexibility index (Phi) is 3.32. The van der Waals surface area contributed by atoms with Crippen LogP contribution in [-0.2, 0) is 0 Å². The van der Waals surface area contributed by atoms with Crippen LogP contribution >= 0.6 is 11.6 Å². The molecule has 0 spiro atoms. The first kappa shape index (κ1) is 14.5. The number of anilines is 1. The van der Waals surface area contributed by atoms with Crippen molar-refractivity contribution < 1.29 is 0 Å². The Bertz CT molecular complexity index is 1080. The Hall–Kier alpha value is -3.12. The molecule has 0 aliphatic rings. The predicted octanol–water partition coefficient (Wildman–Crippen LogP) is 3.01. The predicted molar refractivity (Wildman–Crippen MR) is 94.3 cm³/mol. The second kappa shape index (κ2) is 5.50. The first-order chi connectivity index (χ1) is 11.6. The number of rotatable bonds is 2. The van der Waals surface area contributed by atoms with Crippen LogP contribution in [0.15, 0.2) is 59.4 Å². The smallest absolute Gasteiger partial charge is 0.276 e. The van der Waals surface area contributed by atoms with Gasteiger partial charge in [-0.15, -0.1) is 0 Å². The molecule has 0 saturated carbocycles. The minimum absolute atomic E-state index is 0.175. The van der Waals surface area contributed by atoms with Gasteiger partial charge in [0.05, 0.1) is 16.8 Å². The van der Waals surface area contributed by atoms with Gasteiger partial charge in [0.25, 0.3) is 5.56 Å². The number of nitrogens with zero attached hydrogens (tertiary/aromatic N) is 3. The van der Waals surface area contributed by atoms with Gasteiger partial charge in [-0.2, -0.15) is 10.2 Å². The fraction of sp³-hybridized carbons (Fsp3) is 0. The lowest BCUT2D eigenvalue weighted by atomic mass is 10.1. The maximum absolute atomic E-state index is 12.4. The van der Waals surface area contributed by atoms with E-state index >= 15 is 0 Å². The van der Waals surface area contributed by atoms with Crippen LogP contribution in [0.1, 0.15) is 0 Å². The molecule has 3 N–H and O–H groups in total. The fourth-order valence-electron chi connectivity index (χ4n) is 2.66. The molecule has 0 atom stereocenters. The van der Waals surface area contributed by atoms with Crippen molar-refractivity contribution >= 4 is 28.3 Å². The van der Waals surface area contributed by atoms with Gasteiger partial charge in [-0.05, 0) is 24.3 Å². The third kappa shape index (κ3) is 2.24. The second-order valence-electron chi connectivity index (χ2n) is 5.26. The fourth-order valence-corrected chi connectivity index (χ4v) is 2.79. The zero-order valence-electron chi connectivity index (χ0n) is 12.4. The molecule has 0 radical (unpaired) electrons. The molecule has 118 valence electrons. The zero-order chi connectivity index (χ0) is 16.7. The van der Waals surface area contributed by atoms with Gasteiger partial charge in [0.2, 0.25) is 0 Å². The molecule has 0 unspecified atom stereocenters. The van der Waals surface area contributed by atoms with Crippen molar-refractivity contribution in [2.75, 3.05) is 5.73 Å². The molecule has 2 heterocycles. The van der Waals surface area contributed by atoms with Gasteiger partial charge in [0.1, 0.15) is 5.52 Å². The highest BCUT2D eigenvalue weighted by Gasteiger charge is 2.19. The van der Waals surface area contributed by atoms with E-state index in [0.29, 0.717) is 21.6 Å². The van der Waals surface area contributed by atoms with Gasteiger partial charge in [-0.25, -0.2) is 9.78 Å². The number of nitrogens with two attached hydrogens (primary N) is 1. The third-order valence-corrected chi connectivity index (χ3v) is 4.00. The number of hydrogen-bond donors (Lipinski definition) is 2. The minimum atomic E-state index is -0.341. The summed E-state index contributed by atoms with van der Waals surface area (Å²) in [5.74, 6) is 0.175. The van der Waals surface area contributed by atoms with E-state index in [-0.39, 0.29) is 11.4 Å². The van der Waals surface area contributed by atoms with Gasteiger partial charge in [0, 0.05) is 10.6 Å². The molecule has 0 saturated heterocycles. The van der Waals surface area contributed by atoms with E-state index in [1.807, 2.05) is 42.5 Å². The van der Waals surface area contributed by atoms with Gasteiger partial charge in [-0.1, -0.05) is 41.9 Å². The average Bonchev–Trinajstić information content (AvgIpc) is 3.01. The van der Waals surface area contributed by atoms with Crippen LogP contribution in [0.25, 0.3) is 27.8 Å². The Balaban J connectivity index is 2.14. The Morgan fingerprint density at radius 1 is 1.04 bits per heavy atom. The number of nitrogens with one attached hydrogen (secondary N) is 1. The van der Waals surface area contributed by atoms with Crippen molar-refractivity contribution in [3.63, 3.8) is 0 Å². The number of fused-ring (bicyclic) bond motifs is 1. The van der Waals surface area contributed by atoms with Gasteiger partial charge in [0.15, 0.2) is 5.82 Å². The quantitative estimate of drug-likeness (QED) is 0.588. The molecule has 0 fully saturated rings. The number of aromatic nitrogens is 4. The highest BCUT2D eigenvalue weighted by Crippen LogP contribution is 2.31. The Morgan fingerprint density at radius 2 is 1.75 bits per heavy atom. The summed E-state index contributed by atoms with van der Waals surface area (Å²) in [7, 11) is 0. The van der Waals surface area contributed by atoms with E-state index in [0.717, 1.165) is 11.3 Å². The molecule has 7 heteroatoms. The minimum Gasteiger partial charge on any atom is -0.380 e. The summed E-state index contributed by atoms with van der Waals surface area (Å²) in [5.41, 5.74) is 8.20. The standard InChI is InChI=1S/C17H12ClN5O/c18-11-8-6-10(7-9-11)15-13-14(16(19)20-21-17(13)24)22-23(15)12-4-2-1-3-5-12/h1-9H,(H2,19,20)(H,21,24). The van der Waals surface area contributed by atoms with E-state index in [2.05, 4.69) is 15.3 Å². The number of aromatic amines is 1. The summed E-state index contributed by atoms with van der Waals surface area (Å²) in [6.07, 6.45) is 0. The number of benzene rings is 2.